The van der Waals surface area contributed by atoms with Gasteiger partial charge in [0.1, 0.15) is 11.3 Å². The second-order valence-electron chi connectivity index (χ2n) is 14.8. The first-order valence-electron chi connectivity index (χ1n) is 15.5. The summed E-state index contributed by atoms with van der Waals surface area (Å²) in [5, 5.41) is 32.4. The maximum absolute atomic E-state index is 14.9. The number of allylic oxidation sites excluding steroid dienone is 9. The van der Waals surface area contributed by atoms with Crippen LogP contribution >= 0.6 is 0 Å². The van der Waals surface area contributed by atoms with Crippen LogP contribution in [0.5, 0.6) is 11.5 Å². The van der Waals surface area contributed by atoms with Crippen molar-refractivity contribution >= 4 is 11.6 Å². The molecule has 0 bridgehead atoms. The average molecular weight is 587 g/mol. The quantitative estimate of drug-likeness (QED) is 0.104. The molecule has 0 saturated heterocycles. The van der Waals surface area contributed by atoms with E-state index in [9.17, 15) is 24.9 Å². The summed E-state index contributed by atoms with van der Waals surface area (Å²) in [4.78, 5) is 29.1. The fraction of sp³-hybridized carbons (Fsp3) is 0.526. The SMILES string of the molecule is C=C(C)[C@@H](CC=C(C)C)CC12C[C@@]3(CC=C(C)C)[C@@H]1C(CC=C(C)C)(C(=O)C(C(=O)c1ccc(O)c(O)c1)=C2O)C3(C)C. The van der Waals surface area contributed by atoms with Crippen LogP contribution in [0, 0.1) is 33.5 Å². The highest BCUT2D eigenvalue weighted by atomic mass is 16.3. The number of aromatic hydroxyl groups is 2. The van der Waals surface area contributed by atoms with Crippen molar-refractivity contribution in [2.75, 3.05) is 0 Å². The van der Waals surface area contributed by atoms with Crippen LogP contribution < -0.4 is 0 Å². The number of aliphatic hydroxyl groups excluding tert-OH is 1. The minimum absolute atomic E-state index is 0.0596. The lowest BCUT2D eigenvalue weighted by Crippen LogP contribution is -2.85. The molecule has 0 radical (unpaired) electrons. The molecular formula is C38H50O5. The molecule has 232 valence electrons. The summed E-state index contributed by atoms with van der Waals surface area (Å²) in [6.07, 6.45) is 9.92. The summed E-state index contributed by atoms with van der Waals surface area (Å²) in [6, 6.07) is 3.80. The van der Waals surface area contributed by atoms with E-state index in [4.69, 9.17) is 0 Å². The molecule has 1 aromatic rings. The van der Waals surface area contributed by atoms with E-state index in [0.29, 0.717) is 19.3 Å². The maximum atomic E-state index is 14.9. The molecule has 0 amide bonds. The topological polar surface area (TPSA) is 94.8 Å². The zero-order valence-corrected chi connectivity index (χ0v) is 27.5. The molecule has 5 atom stereocenters. The van der Waals surface area contributed by atoms with Gasteiger partial charge in [0.15, 0.2) is 23.1 Å². The molecule has 0 spiro atoms. The lowest BCUT2D eigenvalue weighted by Gasteiger charge is -2.87. The monoisotopic (exact) mass is 586 g/mol. The summed E-state index contributed by atoms with van der Waals surface area (Å²) in [7, 11) is 0. The second-order valence-corrected chi connectivity index (χ2v) is 14.8. The summed E-state index contributed by atoms with van der Waals surface area (Å²) >= 11 is 0. The maximum Gasteiger partial charge on any atom is 0.200 e. The number of phenols is 2. The second kappa shape index (κ2) is 11.0. The Hall–Kier alpha value is -3.34. The van der Waals surface area contributed by atoms with Crippen LogP contribution in [0.2, 0.25) is 0 Å². The van der Waals surface area contributed by atoms with Gasteiger partial charge in [-0.1, -0.05) is 60.9 Å². The van der Waals surface area contributed by atoms with Gasteiger partial charge >= 0.3 is 0 Å². The summed E-state index contributed by atoms with van der Waals surface area (Å²) in [5.74, 6) is -1.92. The van der Waals surface area contributed by atoms with Crippen molar-refractivity contribution in [3.05, 3.63) is 82.2 Å². The van der Waals surface area contributed by atoms with Crippen LogP contribution in [0.1, 0.15) is 105 Å². The lowest BCUT2D eigenvalue weighted by atomic mass is 9.15. The standard InChI is InChI=1S/C38H50O5/c1-22(2)11-12-27(25(7)8)20-36-21-37(17-15-23(3)4)34(36)38(35(37,9)10,18-16-24(5)6)33(43)30(32(36)42)31(41)26-13-14-28(39)29(40)19-26/h11,13-16,19,27,34,39-40,42H,7,12,17-18,20-21H2,1-6,8-10H3/t27-,34+,36?,37-,38?/m0/s1. The predicted octanol–water partition coefficient (Wildman–Crippen LogP) is 9.35. The molecule has 2 unspecified atom stereocenters. The third kappa shape index (κ3) is 4.65. The van der Waals surface area contributed by atoms with E-state index in [1.165, 1.54) is 29.3 Å². The molecule has 0 aliphatic heterocycles. The molecule has 0 aromatic heterocycles. The molecule has 2 fully saturated rings. The Kier molecular flexibility index (Phi) is 8.32. The highest BCUT2D eigenvalue weighted by Crippen LogP contribution is 2.91. The molecule has 43 heavy (non-hydrogen) atoms. The zero-order valence-electron chi connectivity index (χ0n) is 27.5. The summed E-state index contributed by atoms with van der Waals surface area (Å²) < 4.78 is 0. The molecule has 5 heteroatoms. The Morgan fingerprint density at radius 3 is 2.05 bits per heavy atom. The Labute approximate surface area is 257 Å². The number of aliphatic hydroxyl groups is 1. The number of benzene rings is 1. The van der Waals surface area contributed by atoms with E-state index in [1.54, 1.807) is 0 Å². The van der Waals surface area contributed by atoms with Gasteiger partial charge in [-0.3, -0.25) is 9.59 Å². The van der Waals surface area contributed by atoms with Crippen molar-refractivity contribution in [3.8, 4) is 11.5 Å². The third-order valence-corrected chi connectivity index (χ3v) is 11.2. The van der Waals surface area contributed by atoms with Gasteiger partial charge in [-0.2, -0.15) is 0 Å². The van der Waals surface area contributed by atoms with E-state index in [2.05, 4.69) is 66.3 Å². The number of rotatable bonds is 11. The van der Waals surface area contributed by atoms with Crippen molar-refractivity contribution in [2.24, 2.45) is 33.5 Å². The Morgan fingerprint density at radius 2 is 1.51 bits per heavy atom. The summed E-state index contributed by atoms with van der Waals surface area (Å²) in [6.45, 7) is 23.1. The lowest BCUT2D eigenvalue weighted by molar-refractivity contribution is -0.369. The molecule has 4 rings (SSSR count). The molecule has 1 aromatic carbocycles. The minimum atomic E-state index is -0.885. The molecule has 3 aliphatic carbocycles. The molecule has 3 N–H and O–H groups in total. The molecule has 2 saturated carbocycles. The Bertz CT molecular complexity index is 1490. The number of carbonyl (C=O) groups is 2. The van der Waals surface area contributed by atoms with E-state index >= 15 is 0 Å². The Balaban J connectivity index is 2.01. The van der Waals surface area contributed by atoms with Gasteiger partial charge in [-0.25, -0.2) is 0 Å². The van der Waals surface area contributed by atoms with Gasteiger partial charge in [0.2, 0.25) is 0 Å². The fourth-order valence-electron chi connectivity index (χ4n) is 8.88. The van der Waals surface area contributed by atoms with Gasteiger partial charge < -0.3 is 15.3 Å². The fourth-order valence-corrected chi connectivity index (χ4v) is 8.88. The third-order valence-electron chi connectivity index (χ3n) is 11.2. The normalized spacial score (nSPS) is 29.0. The van der Waals surface area contributed by atoms with Gasteiger partial charge in [0.05, 0.1) is 0 Å². The predicted molar refractivity (Wildman–Crippen MR) is 173 cm³/mol. The van der Waals surface area contributed by atoms with Crippen molar-refractivity contribution in [2.45, 2.75) is 94.4 Å². The highest BCUT2D eigenvalue weighted by Gasteiger charge is 2.89. The van der Waals surface area contributed by atoms with Gasteiger partial charge in [0.25, 0.3) is 0 Å². The molecular weight excluding hydrogens is 536 g/mol. The largest absolute Gasteiger partial charge is 0.511 e. The van der Waals surface area contributed by atoms with Gasteiger partial charge in [0, 0.05) is 16.4 Å². The van der Waals surface area contributed by atoms with Crippen LogP contribution in [-0.4, -0.2) is 26.9 Å². The summed E-state index contributed by atoms with van der Waals surface area (Å²) in [5.41, 5.74) is 2.13. The van der Waals surface area contributed by atoms with Crippen LogP contribution in [0.3, 0.4) is 0 Å². The molecule has 5 nitrogen and oxygen atoms in total. The van der Waals surface area contributed by atoms with Crippen LogP contribution in [0.15, 0.2) is 76.6 Å². The van der Waals surface area contributed by atoms with Crippen molar-refractivity contribution in [1.29, 1.82) is 0 Å². The van der Waals surface area contributed by atoms with Crippen molar-refractivity contribution in [1.82, 2.24) is 0 Å². The first-order chi connectivity index (χ1) is 19.9. The number of hydrogen-bond donors (Lipinski definition) is 3. The highest BCUT2D eigenvalue weighted by molar-refractivity contribution is 6.29. The smallest absolute Gasteiger partial charge is 0.200 e. The van der Waals surface area contributed by atoms with Crippen LogP contribution in [0.4, 0.5) is 0 Å². The first-order valence-corrected chi connectivity index (χ1v) is 15.5. The number of ketones is 2. The minimum Gasteiger partial charge on any atom is -0.511 e. The zero-order chi connectivity index (χ0) is 32.3. The first kappa shape index (κ1) is 32.6. The molecule has 0 heterocycles. The number of carbonyl (C=O) groups excluding carboxylic acids is 2. The van der Waals surface area contributed by atoms with Crippen LogP contribution in [-0.2, 0) is 4.79 Å². The van der Waals surface area contributed by atoms with Gasteiger partial charge in [-0.15, -0.1) is 0 Å². The van der Waals surface area contributed by atoms with E-state index in [0.717, 1.165) is 24.0 Å². The van der Waals surface area contributed by atoms with E-state index in [1.807, 2.05) is 20.8 Å². The van der Waals surface area contributed by atoms with E-state index in [-0.39, 0.29) is 45.7 Å². The number of Topliss-reactive ketones (excluding diaryl/α,β-unsaturated/α-hetero) is 2. The number of phenolic OH excluding ortho intramolecular Hbond substituents is 2. The number of hydrogen-bond acceptors (Lipinski definition) is 5. The van der Waals surface area contributed by atoms with Crippen LogP contribution in [0.25, 0.3) is 0 Å². The van der Waals surface area contributed by atoms with Crippen molar-refractivity contribution in [3.63, 3.8) is 0 Å². The molecule has 3 aliphatic rings. The van der Waals surface area contributed by atoms with Crippen molar-refractivity contribution < 1.29 is 24.9 Å². The van der Waals surface area contributed by atoms with Gasteiger partial charge in [-0.05, 0) is 121 Å². The Morgan fingerprint density at radius 1 is 0.930 bits per heavy atom. The average Bonchev–Trinajstić information content (AvgIpc) is 2.89. The van der Waals surface area contributed by atoms with E-state index < -0.39 is 27.8 Å².